The maximum Gasteiger partial charge on any atom is 0.106 e. The molecule has 1 aromatic heterocycles. The van der Waals surface area contributed by atoms with Gasteiger partial charge in [-0.15, -0.1) is 12.4 Å². The normalized spacial score (nSPS) is 19.7. The third-order valence-electron chi connectivity index (χ3n) is 2.81. The zero-order valence-electron chi connectivity index (χ0n) is 9.69. The van der Waals surface area contributed by atoms with Gasteiger partial charge in [-0.25, -0.2) is 4.98 Å². The van der Waals surface area contributed by atoms with Crippen molar-refractivity contribution in [2.24, 2.45) is 5.92 Å². The number of hydrogen-bond acceptors (Lipinski definition) is 3. The van der Waals surface area contributed by atoms with Crippen LogP contribution in [0.3, 0.4) is 0 Å². The van der Waals surface area contributed by atoms with Crippen molar-refractivity contribution in [1.29, 1.82) is 0 Å². The first-order valence-electron chi connectivity index (χ1n) is 5.73. The molecule has 0 amide bonds. The molecule has 17 heavy (non-hydrogen) atoms. The van der Waals surface area contributed by atoms with E-state index < -0.39 is 0 Å². The summed E-state index contributed by atoms with van der Waals surface area (Å²) in [6.07, 6.45) is 4.41. The van der Waals surface area contributed by atoms with Crippen molar-refractivity contribution in [1.82, 2.24) is 10.3 Å². The molecule has 0 aliphatic carbocycles. The van der Waals surface area contributed by atoms with Gasteiger partial charge in [0.2, 0.25) is 0 Å². The van der Waals surface area contributed by atoms with E-state index in [2.05, 4.69) is 26.2 Å². The summed E-state index contributed by atoms with van der Waals surface area (Å²) in [7, 11) is 0. The van der Waals surface area contributed by atoms with Gasteiger partial charge < -0.3 is 10.1 Å². The lowest BCUT2D eigenvalue weighted by atomic mass is 10.0. The molecule has 96 valence electrons. The second-order valence-electron chi connectivity index (χ2n) is 4.22. The van der Waals surface area contributed by atoms with Crippen LogP contribution in [0.25, 0.3) is 0 Å². The van der Waals surface area contributed by atoms with E-state index in [4.69, 9.17) is 4.74 Å². The van der Waals surface area contributed by atoms with Crippen LogP contribution in [0.4, 0.5) is 0 Å². The Morgan fingerprint density at radius 1 is 1.47 bits per heavy atom. The molecule has 0 bridgehead atoms. The molecule has 0 radical (unpaired) electrons. The number of hydrogen-bond donors (Lipinski definition) is 1. The third kappa shape index (κ3) is 5.34. The molecule has 1 aliphatic rings. The van der Waals surface area contributed by atoms with Crippen LogP contribution in [-0.4, -0.2) is 24.7 Å². The summed E-state index contributed by atoms with van der Waals surface area (Å²) < 4.78 is 6.57. The van der Waals surface area contributed by atoms with Crippen molar-refractivity contribution in [3.8, 4) is 0 Å². The third-order valence-corrected chi connectivity index (χ3v) is 3.28. The molecule has 0 spiro atoms. The Morgan fingerprint density at radius 3 is 3.00 bits per heavy atom. The Bertz CT molecular complexity index is 315. The Labute approximate surface area is 117 Å². The quantitative estimate of drug-likeness (QED) is 0.866. The molecule has 1 unspecified atom stereocenters. The summed E-state index contributed by atoms with van der Waals surface area (Å²) in [6.45, 7) is 3.77. The van der Waals surface area contributed by atoms with Gasteiger partial charge in [0.15, 0.2) is 0 Å². The lowest BCUT2D eigenvalue weighted by Gasteiger charge is -2.22. The molecule has 1 fully saturated rings. The Balaban J connectivity index is 0.00000144. The minimum absolute atomic E-state index is 0. The fourth-order valence-electron chi connectivity index (χ4n) is 1.90. The summed E-state index contributed by atoms with van der Waals surface area (Å²) >= 11 is 3.32. The van der Waals surface area contributed by atoms with Crippen molar-refractivity contribution in [3.05, 3.63) is 28.5 Å². The Hall–Kier alpha value is -0.160. The maximum atomic E-state index is 5.70. The van der Waals surface area contributed by atoms with Crippen molar-refractivity contribution < 1.29 is 4.74 Å². The number of halogens is 2. The van der Waals surface area contributed by atoms with E-state index in [1.165, 1.54) is 12.8 Å². The standard InChI is InChI=1S/C12H17BrN2O.ClH/c13-12-4-3-11(7-15-12)9-16-8-10-2-1-5-14-6-10;/h3-4,7,10,14H,1-2,5-6,8-9H2;1H. The predicted molar refractivity (Wildman–Crippen MR) is 74.4 cm³/mol. The van der Waals surface area contributed by atoms with Gasteiger partial charge in [0.1, 0.15) is 4.60 Å². The second-order valence-corrected chi connectivity index (χ2v) is 5.03. The van der Waals surface area contributed by atoms with E-state index in [1.54, 1.807) is 0 Å². The molecule has 1 aromatic rings. The number of pyridine rings is 1. The minimum Gasteiger partial charge on any atom is -0.376 e. The van der Waals surface area contributed by atoms with E-state index >= 15 is 0 Å². The lowest BCUT2D eigenvalue weighted by molar-refractivity contribution is 0.0781. The molecule has 5 heteroatoms. The van der Waals surface area contributed by atoms with E-state index in [0.717, 1.165) is 29.9 Å². The summed E-state index contributed by atoms with van der Waals surface area (Å²) in [6, 6.07) is 3.98. The molecule has 1 aliphatic heterocycles. The van der Waals surface area contributed by atoms with E-state index in [-0.39, 0.29) is 12.4 Å². The number of aromatic nitrogens is 1. The average Bonchev–Trinajstić information content (AvgIpc) is 2.33. The van der Waals surface area contributed by atoms with Gasteiger partial charge in [0.05, 0.1) is 13.2 Å². The van der Waals surface area contributed by atoms with Crippen LogP contribution in [0.5, 0.6) is 0 Å². The first-order chi connectivity index (χ1) is 7.84. The van der Waals surface area contributed by atoms with Crippen LogP contribution in [0.15, 0.2) is 22.9 Å². The monoisotopic (exact) mass is 320 g/mol. The molecule has 1 N–H and O–H groups in total. The molecule has 1 saturated heterocycles. The fourth-order valence-corrected chi connectivity index (χ4v) is 2.14. The molecular weight excluding hydrogens is 304 g/mol. The van der Waals surface area contributed by atoms with Crippen molar-refractivity contribution in [3.63, 3.8) is 0 Å². The zero-order chi connectivity index (χ0) is 11.2. The summed E-state index contributed by atoms with van der Waals surface area (Å²) in [5.41, 5.74) is 1.13. The Kier molecular flexibility index (Phi) is 7.04. The topological polar surface area (TPSA) is 34.1 Å². The largest absolute Gasteiger partial charge is 0.376 e. The molecule has 2 heterocycles. The fraction of sp³-hybridized carbons (Fsp3) is 0.583. The lowest BCUT2D eigenvalue weighted by Crippen LogP contribution is -2.32. The summed E-state index contributed by atoms with van der Waals surface area (Å²) in [5, 5.41) is 3.39. The highest BCUT2D eigenvalue weighted by molar-refractivity contribution is 9.10. The van der Waals surface area contributed by atoms with E-state index in [0.29, 0.717) is 12.5 Å². The molecule has 2 rings (SSSR count). The maximum absolute atomic E-state index is 5.70. The molecular formula is C12H18BrClN2O. The Morgan fingerprint density at radius 2 is 2.35 bits per heavy atom. The number of rotatable bonds is 4. The van der Waals surface area contributed by atoms with Crippen LogP contribution in [0, 0.1) is 5.92 Å². The number of nitrogens with zero attached hydrogens (tertiary/aromatic N) is 1. The van der Waals surface area contributed by atoms with E-state index in [1.807, 2.05) is 18.3 Å². The number of nitrogens with one attached hydrogen (secondary N) is 1. The van der Waals surface area contributed by atoms with Gasteiger partial charge in [-0.1, -0.05) is 6.07 Å². The van der Waals surface area contributed by atoms with Gasteiger partial charge in [0, 0.05) is 12.7 Å². The minimum atomic E-state index is 0. The predicted octanol–water partition coefficient (Wildman–Crippen LogP) is 2.78. The zero-order valence-corrected chi connectivity index (χ0v) is 12.1. The van der Waals surface area contributed by atoms with Gasteiger partial charge in [-0.2, -0.15) is 0 Å². The highest BCUT2D eigenvalue weighted by Crippen LogP contribution is 2.12. The highest BCUT2D eigenvalue weighted by atomic mass is 79.9. The number of ether oxygens (including phenoxy) is 1. The van der Waals surface area contributed by atoms with Crippen molar-refractivity contribution in [2.45, 2.75) is 19.4 Å². The SMILES string of the molecule is Brc1ccc(COCC2CCCNC2)cn1.Cl. The second kappa shape index (κ2) is 8.03. The average molecular weight is 322 g/mol. The van der Waals surface area contributed by atoms with Gasteiger partial charge >= 0.3 is 0 Å². The smallest absolute Gasteiger partial charge is 0.106 e. The summed E-state index contributed by atoms with van der Waals surface area (Å²) in [5.74, 6) is 0.678. The molecule has 0 saturated carbocycles. The van der Waals surface area contributed by atoms with E-state index in [9.17, 15) is 0 Å². The number of piperidine rings is 1. The van der Waals surface area contributed by atoms with Crippen molar-refractivity contribution >= 4 is 28.3 Å². The van der Waals surface area contributed by atoms with Crippen LogP contribution in [-0.2, 0) is 11.3 Å². The molecule has 0 aromatic carbocycles. The van der Waals surface area contributed by atoms with Crippen molar-refractivity contribution in [2.75, 3.05) is 19.7 Å². The molecule has 1 atom stereocenters. The van der Waals surface area contributed by atoms with Crippen LogP contribution in [0.2, 0.25) is 0 Å². The first kappa shape index (κ1) is 14.9. The summed E-state index contributed by atoms with van der Waals surface area (Å²) in [4.78, 5) is 4.17. The van der Waals surface area contributed by atoms with Gasteiger partial charge in [-0.3, -0.25) is 0 Å². The van der Waals surface area contributed by atoms with Crippen LogP contribution < -0.4 is 5.32 Å². The van der Waals surface area contributed by atoms with Gasteiger partial charge in [-0.05, 0) is 52.9 Å². The highest BCUT2D eigenvalue weighted by Gasteiger charge is 2.12. The molecule has 3 nitrogen and oxygen atoms in total. The van der Waals surface area contributed by atoms with Crippen LogP contribution in [0.1, 0.15) is 18.4 Å². The first-order valence-corrected chi connectivity index (χ1v) is 6.53. The van der Waals surface area contributed by atoms with Crippen LogP contribution >= 0.6 is 28.3 Å². The van der Waals surface area contributed by atoms with Gasteiger partial charge in [0.25, 0.3) is 0 Å².